The maximum absolute atomic E-state index is 11.5. The molecule has 0 fully saturated rings. The smallest absolute Gasteiger partial charge is 0.261 e. The van der Waals surface area contributed by atoms with E-state index in [1.807, 2.05) is 13.8 Å². The number of rotatable bonds is 8. The van der Waals surface area contributed by atoms with Crippen LogP contribution >= 0.6 is 11.3 Å². The zero-order valence-electron chi connectivity index (χ0n) is 12.7. The quantitative estimate of drug-likeness (QED) is 0.773. The van der Waals surface area contributed by atoms with Gasteiger partial charge in [0.1, 0.15) is 15.6 Å². The lowest BCUT2D eigenvalue weighted by atomic mass is 10.3. The predicted octanol–water partition coefficient (Wildman–Crippen LogP) is 2.84. The highest BCUT2D eigenvalue weighted by molar-refractivity contribution is 7.19. The molecule has 0 aliphatic heterocycles. The number of amides is 1. The molecule has 6 heteroatoms. The Hall–Kier alpha value is -1.43. The van der Waals surface area contributed by atoms with Gasteiger partial charge in [-0.15, -0.1) is 11.3 Å². The van der Waals surface area contributed by atoms with Crippen LogP contribution in [0.3, 0.4) is 0 Å². The van der Waals surface area contributed by atoms with E-state index in [9.17, 15) is 4.79 Å². The van der Waals surface area contributed by atoms with Crippen molar-refractivity contribution >= 4 is 27.9 Å². The molecule has 0 radical (unpaired) electrons. The normalized spacial score (nSPS) is 10.8. The minimum atomic E-state index is -0.501. The Morgan fingerprint density at radius 2 is 2.05 bits per heavy atom. The third-order valence-electron chi connectivity index (χ3n) is 2.91. The van der Waals surface area contributed by atoms with Gasteiger partial charge >= 0.3 is 0 Å². The summed E-state index contributed by atoms with van der Waals surface area (Å²) in [6.07, 6.45) is 2.19. The van der Waals surface area contributed by atoms with Gasteiger partial charge in [-0.2, -0.15) is 0 Å². The number of nitrogen functional groups attached to an aromatic ring is 1. The van der Waals surface area contributed by atoms with Crippen LogP contribution in [-0.4, -0.2) is 25.1 Å². The van der Waals surface area contributed by atoms with Crippen molar-refractivity contribution < 1.29 is 9.53 Å². The van der Waals surface area contributed by atoms with Gasteiger partial charge in [0.25, 0.3) is 5.91 Å². The van der Waals surface area contributed by atoms with Crippen LogP contribution in [0.15, 0.2) is 0 Å². The van der Waals surface area contributed by atoms with Crippen molar-refractivity contribution in [2.75, 3.05) is 23.7 Å². The molecule has 0 spiro atoms. The van der Waals surface area contributed by atoms with Gasteiger partial charge in [-0.3, -0.25) is 4.79 Å². The number of nitrogens with two attached hydrogens (primary N) is 2. The van der Waals surface area contributed by atoms with E-state index >= 15 is 0 Å². The zero-order chi connectivity index (χ0) is 15.3. The molecule has 1 heterocycles. The first-order valence-electron chi connectivity index (χ1n) is 7.05. The van der Waals surface area contributed by atoms with E-state index in [1.54, 1.807) is 0 Å². The van der Waals surface area contributed by atoms with Crippen LogP contribution in [-0.2, 0) is 0 Å². The van der Waals surface area contributed by atoms with E-state index in [2.05, 4.69) is 18.7 Å². The van der Waals surface area contributed by atoms with Crippen LogP contribution < -0.4 is 21.1 Å². The van der Waals surface area contributed by atoms with E-state index in [1.165, 1.54) is 11.3 Å². The largest absolute Gasteiger partial charge is 0.486 e. The molecule has 0 aromatic carbocycles. The predicted molar refractivity (Wildman–Crippen MR) is 85.8 cm³/mol. The molecule has 0 aliphatic rings. The summed E-state index contributed by atoms with van der Waals surface area (Å²) in [5, 5.41) is 0.904. The minimum Gasteiger partial charge on any atom is -0.486 e. The summed E-state index contributed by atoms with van der Waals surface area (Å²) < 4.78 is 5.81. The molecule has 5 nitrogen and oxygen atoms in total. The number of primary amides is 1. The number of unbranched alkanes of at least 4 members (excludes halogenated alkanes) is 1. The maximum Gasteiger partial charge on any atom is 0.261 e. The fourth-order valence-corrected chi connectivity index (χ4v) is 3.01. The molecular formula is C14H25N3O2S. The van der Waals surface area contributed by atoms with Gasteiger partial charge in [0.2, 0.25) is 0 Å². The van der Waals surface area contributed by atoms with Crippen molar-refractivity contribution in [3.05, 3.63) is 4.88 Å². The average Bonchev–Trinajstić information content (AvgIpc) is 2.68. The van der Waals surface area contributed by atoms with Gasteiger partial charge in [-0.25, -0.2) is 0 Å². The molecular weight excluding hydrogens is 274 g/mol. The third kappa shape index (κ3) is 3.79. The molecule has 1 rings (SSSR count). The SMILES string of the molecule is CCCCN(CC)c1sc(C(N)=O)c(N)c1OC(C)C. The van der Waals surface area contributed by atoms with E-state index in [4.69, 9.17) is 16.2 Å². The minimum absolute atomic E-state index is 0.00347. The van der Waals surface area contributed by atoms with Crippen LogP contribution in [0.4, 0.5) is 10.7 Å². The first-order valence-corrected chi connectivity index (χ1v) is 7.87. The highest BCUT2D eigenvalue weighted by atomic mass is 32.1. The van der Waals surface area contributed by atoms with Crippen LogP contribution in [0, 0.1) is 0 Å². The number of thiophene rings is 1. The lowest BCUT2D eigenvalue weighted by molar-refractivity contribution is 0.100. The summed E-state index contributed by atoms with van der Waals surface area (Å²) in [7, 11) is 0. The van der Waals surface area contributed by atoms with Crippen molar-refractivity contribution in [1.29, 1.82) is 0 Å². The molecule has 0 saturated heterocycles. The summed E-state index contributed by atoms with van der Waals surface area (Å²) in [5.41, 5.74) is 11.8. The number of ether oxygens (including phenoxy) is 1. The summed E-state index contributed by atoms with van der Waals surface area (Å²) >= 11 is 1.32. The van der Waals surface area contributed by atoms with Crippen molar-refractivity contribution in [1.82, 2.24) is 0 Å². The molecule has 4 N–H and O–H groups in total. The Labute approximate surface area is 124 Å². The summed E-state index contributed by atoms with van der Waals surface area (Å²) in [6.45, 7) is 9.86. The number of anilines is 2. The van der Waals surface area contributed by atoms with Gasteiger partial charge < -0.3 is 21.1 Å². The third-order valence-corrected chi connectivity index (χ3v) is 4.17. The molecule has 1 amide bonds. The van der Waals surface area contributed by atoms with Gasteiger partial charge in [0, 0.05) is 13.1 Å². The molecule has 1 aromatic rings. The van der Waals surface area contributed by atoms with E-state index in [-0.39, 0.29) is 6.10 Å². The lowest BCUT2D eigenvalue weighted by Gasteiger charge is -2.23. The number of nitrogens with zero attached hydrogens (tertiary/aromatic N) is 1. The first kappa shape index (κ1) is 16.6. The summed E-state index contributed by atoms with van der Waals surface area (Å²) in [5.74, 6) is 0.0932. The molecule has 0 atom stereocenters. The van der Waals surface area contributed by atoms with Crippen LogP contribution in [0.2, 0.25) is 0 Å². The standard InChI is InChI=1S/C14H25N3O2S/c1-5-7-8-17(6-2)14-11(19-9(3)4)10(15)12(20-14)13(16)18/h9H,5-8,15H2,1-4H3,(H2,16,18). The zero-order valence-corrected chi connectivity index (χ0v) is 13.5. The Morgan fingerprint density at radius 3 is 2.50 bits per heavy atom. The summed E-state index contributed by atoms with van der Waals surface area (Å²) in [6, 6.07) is 0. The van der Waals surface area contributed by atoms with Crippen LogP contribution in [0.5, 0.6) is 5.75 Å². The van der Waals surface area contributed by atoms with Crippen molar-refractivity contribution in [3.8, 4) is 5.75 Å². The van der Waals surface area contributed by atoms with Crippen molar-refractivity contribution in [3.63, 3.8) is 0 Å². The highest BCUT2D eigenvalue weighted by Crippen LogP contribution is 2.45. The first-order chi connectivity index (χ1) is 9.42. The Balaban J connectivity index is 3.20. The van der Waals surface area contributed by atoms with E-state index in [0.717, 1.165) is 30.9 Å². The fraction of sp³-hybridized carbons (Fsp3) is 0.643. The van der Waals surface area contributed by atoms with Crippen molar-refractivity contribution in [2.24, 2.45) is 5.73 Å². The number of carbonyl (C=O) groups excluding carboxylic acids is 1. The highest BCUT2D eigenvalue weighted by Gasteiger charge is 2.24. The average molecular weight is 299 g/mol. The molecule has 20 heavy (non-hydrogen) atoms. The lowest BCUT2D eigenvalue weighted by Crippen LogP contribution is -2.24. The molecule has 0 bridgehead atoms. The van der Waals surface area contributed by atoms with Gasteiger partial charge in [-0.05, 0) is 27.2 Å². The van der Waals surface area contributed by atoms with Gasteiger partial charge in [0.05, 0.1) is 6.10 Å². The van der Waals surface area contributed by atoms with E-state index in [0.29, 0.717) is 16.3 Å². The van der Waals surface area contributed by atoms with Crippen LogP contribution in [0.25, 0.3) is 0 Å². The Kier molecular flexibility index (Phi) is 6.13. The molecule has 1 aromatic heterocycles. The molecule has 0 unspecified atom stereocenters. The Bertz CT molecular complexity index is 458. The summed E-state index contributed by atoms with van der Waals surface area (Å²) in [4.78, 5) is 14.0. The molecule has 0 aliphatic carbocycles. The topological polar surface area (TPSA) is 81.6 Å². The number of carbonyl (C=O) groups is 1. The number of hydrogen-bond donors (Lipinski definition) is 2. The van der Waals surface area contributed by atoms with Crippen LogP contribution in [0.1, 0.15) is 50.2 Å². The fourth-order valence-electron chi connectivity index (χ4n) is 1.91. The second kappa shape index (κ2) is 7.38. The Morgan fingerprint density at radius 1 is 1.40 bits per heavy atom. The second-order valence-electron chi connectivity index (χ2n) is 4.94. The monoisotopic (exact) mass is 299 g/mol. The second-order valence-corrected chi connectivity index (χ2v) is 5.94. The van der Waals surface area contributed by atoms with Gasteiger partial charge in [0.15, 0.2) is 5.75 Å². The maximum atomic E-state index is 11.5. The van der Waals surface area contributed by atoms with Gasteiger partial charge in [-0.1, -0.05) is 13.3 Å². The molecule has 0 saturated carbocycles. The number of hydrogen-bond acceptors (Lipinski definition) is 5. The molecule has 114 valence electrons. The van der Waals surface area contributed by atoms with E-state index < -0.39 is 5.91 Å². The van der Waals surface area contributed by atoms with Crippen molar-refractivity contribution in [2.45, 2.75) is 46.6 Å².